The molecule has 1 saturated carbocycles. The van der Waals surface area contributed by atoms with Crippen molar-refractivity contribution in [2.45, 2.75) is 19.9 Å². The molecule has 4 unspecified atom stereocenters. The highest BCUT2D eigenvalue weighted by Crippen LogP contribution is 2.52. The van der Waals surface area contributed by atoms with Gasteiger partial charge in [0.2, 0.25) is 17.7 Å². The highest BCUT2D eigenvalue weighted by molar-refractivity contribution is 6.08. The van der Waals surface area contributed by atoms with Crippen molar-refractivity contribution in [3.05, 3.63) is 35.8 Å². The van der Waals surface area contributed by atoms with E-state index in [-0.39, 0.29) is 47.9 Å². The normalized spacial score (nSPS) is 30.3. The molecule has 1 saturated heterocycles. The van der Waals surface area contributed by atoms with Gasteiger partial charge in [0.25, 0.3) is 0 Å². The van der Waals surface area contributed by atoms with Crippen LogP contribution in [0.1, 0.15) is 17.9 Å². The third kappa shape index (κ3) is 2.20. The first-order valence-electron chi connectivity index (χ1n) is 8.28. The monoisotopic (exact) mass is 328 g/mol. The first-order valence-corrected chi connectivity index (χ1v) is 8.28. The van der Waals surface area contributed by atoms with Gasteiger partial charge in [-0.05, 0) is 37.3 Å². The van der Waals surface area contributed by atoms with Crippen molar-refractivity contribution in [1.29, 1.82) is 0 Å². The van der Waals surface area contributed by atoms with E-state index in [0.29, 0.717) is 12.3 Å². The fraction of sp³-hybridized carbons (Fsp3) is 0.500. The molecule has 0 spiro atoms. The molecule has 2 heterocycles. The van der Waals surface area contributed by atoms with Crippen LogP contribution in [-0.4, -0.2) is 41.1 Å². The van der Waals surface area contributed by atoms with Gasteiger partial charge in [0, 0.05) is 7.05 Å². The summed E-state index contributed by atoms with van der Waals surface area (Å²) >= 11 is 0. The molecule has 4 atom stereocenters. The second-order valence-corrected chi connectivity index (χ2v) is 7.02. The Bertz CT molecular complexity index is 720. The number of aryl methyl sites for hydroxylation is 1. The summed E-state index contributed by atoms with van der Waals surface area (Å²) < 4.78 is 5.46. The van der Waals surface area contributed by atoms with Gasteiger partial charge in [-0.2, -0.15) is 0 Å². The Morgan fingerprint density at radius 2 is 1.83 bits per heavy atom. The second kappa shape index (κ2) is 5.33. The van der Waals surface area contributed by atoms with Gasteiger partial charge in [0.1, 0.15) is 18.1 Å². The summed E-state index contributed by atoms with van der Waals surface area (Å²) in [5.74, 6) is 0.673. The number of nitrogens with zero attached hydrogens (tertiary/aromatic N) is 2. The molecule has 0 aromatic carbocycles. The van der Waals surface area contributed by atoms with Crippen LogP contribution in [0.3, 0.4) is 0 Å². The molecule has 6 heteroatoms. The van der Waals surface area contributed by atoms with Crippen LogP contribution in [0.2, 0.25) is 0 Å². The smallest absolute Gasteiger partial charge is 0.242 e. The minimum absolute atomic E-state index is 0.167. The Kier molecular flexibility index (Phi) is 3.37. The van der Waals surface area contributed by atoms with Crippen LogP contribution >= 0.6 is 0 Å². The predicted molar refractivity (Wildman–Crippen MR) is 84.4 cm³/mol. The van der Waals surface area contributed by atoms with Crippen LogP contribution in [-0.2, 0) is 20.9 Å². The van der Waals surface area contributed by atoms with E-state index in [4.69, 9.17) is 4.42 Å². The van der Waals surface area contributed by atoms with Crippen molar-refractivity contribution in [2.75, 3.05) is 13.6 Å². The largest absolute Gasteiger partial charge is 0.464 e. The van der Waals surface area contributed by atoms with Gasteiger partial charge in [0.05, 0.1) is 18.4 Å². The van der Waals surface area contributed by atoms with Crippen LogP contribution in [0.25, 0.3) is 0 Å². The molecule has 0 radical (unpaired) electrons. The van der Waals surface area contributed by atoms with Crippen LogP contribution in [0.5, 0.6) is 0 Å². The predicted octanol–water partition coefficient (Wildman–Crippen LogP) is 1.35. The average Bonchev–Trinajstić information content (AvgIpc) is 3.29. The van der Waals surface area contributed by atoms with Gasteiger partial charge in [-0.3, -0.25) is 19.3 Å². The van der Waals surface area contributed by atoms with Crippen LogP contribution in [0, 0.1) is 30.6 Å². The summed E-state index contributed by atoms with van der Waals surface area (Å²) in [6, 6.07) is 3.66. The Hall–Kier alpha value is -2.37. The van der Waals surface area contributed by atoms with Crippen molar-refractivity contribution in [3.8, 4) is 0 Å². The molecule has 1 aromatic rings. The minimum atomic E-state index is -0.258. The number of imide groups is 1. The first-order chi connectivity index (χ1) is 11.5. The van der Waals surface area contributed by atoms with E-state index in [1.54, 1.807) is 7.05 Å². The van der Waals surface area contributed by atoms with E-state index >= 15 is 0 Å². The molecule has 0 N–H and O–H groups in total. The summed E-state index contributed by atoms with van der Waals surface area (Å²) in [5.41, 5.74) is 0. The Balaban J connectivity index is 1.43. The number of allylic oxidation sites excluding steroid dienone is 2. The van der Waals surface area contributed by atoms with Crippen molar-refractivity contribution < 1.29 is 18.8 Å². The van der Waals surface area contributed by atoms with Crippen LogP contribution < -0.4 is 0 Å². The van der Waals surface area contributed by atoms with Crippen LogP contribution in [0.4, 0.5) is 0 Å². The molecule has 126 valence electrons. The fourth-order valence-electron chi connectivity index (χ4n) is 4.27. The van der Waals surface area contributed by atoms with E-state index in [2.05, 4.69) is 0 Å². The highest BCUT2D eigenvalue weighted by atomic mass is 16.3. The molecule has 2 aliphatic carbocycles. The SMILES string of the molecule is Cc1ccc(CN(C)C(=O)CN2C(=O)C3C4C=CC(C4)C3C2=O)o1. The second-order valence-electron chi connectivity index (χ2n) is 7.02. The van der Waals surface area contributed by atoms with Crippen molar-refractivity contribution >= 4 is 17.7 Å². The molecule has 2 bridgehead atoms. The van der Waals surface area contributed by atoms with Gasteiger partial charge in [0.15, 0.2) is 0 Å². The average molecular weight is 328 g/mol. The lowest BCUT2D eigenvalue weighted by Gasteiger charge is -2.21. The Labute approximate surface area is 140 Å². The molecular weight excluding hydrogens is 308 g/mol. The lowest BCUT2D eigenvalue weighted by molar-refractivity contribution is -0.146. The maximum absolute atomic E-state index is 12.6. The van der Waals surface area contributed by atoms with E-state index in [0.717, 1.165) is 17.1 Å². The summed E-state index contributed by atoms with van der Waals surface area (Å²) in [6.07, 6.45) is 4.99. The maximum Gasteiger partial charge on any atom is 0.242 e. The lowest BCUT2D eigenvalue weighted by atomic mass is 9.85. The summed E-state index contributed by atoms with van der Waals surface area (Å²) in [6.45, 7) is 1.98. The molecule has 24 heavy (non-hydrogen) atoms. The zero-order valence-electron chi connectivity index (χ0n) is 13.8. The molecule has 6 nitrogen and oxygen atoms in total. The number of hydrogen-bond acceptors (Lipinski definition) is 4. The molecule has 4 rings (SSSR count). The summed E-state index contributed by atoms with van der Waals surface area (Å²) in [4.78, 5) is 40.2. The third-order valence-corrected chi connectivity index (χ3v) is 5.47. The van der Waals surface area contributed by atoms with Gasteiger partial charge in [-0.1, -0.05) is 12.2 Å². The molecule has 3 aliphatic rings. The number of likely N-dealkylation sites (tertiary alicyclic amines) is 1. The summed E-state index contributed by atoms with van der Waals surface area (Å²) in [7, 11) is 1.65. The Morgan fingerprint density at radius 3 is 2.38 bits per heavy atom. The fourth-order valence-corrected chi connectivity index (χ4v) is 4.27. The lowest BCUT2D eigenvalue weighted by Crippen LogP contribution is -2.42. The number of carbonyl (C=O) groups is 3. The summed E-state index contributed by atoms with van der Waals surface area (Å²) in [5, 5.41) is 0. The number of carbonyl (C=O) groups excluding carboxylic acids is 3. The quantitative estimate of drug-likeness (QED) is 0.618. The van der Waals surface area contributed by atoms with Gasteiger partial charge < -0.3 is 9.32 Å². The number of fused-ring (bicyclic) bond motifs is 5. The van der Waals surface area contributed by atoms with Gasteiger partial charge in [-0.15, -0.1) is 0 Å². The number of hydrogen-bond donors (Lipinski definition) is 0. The number of furan rings is 1. The molecule has 1 aromatic heterocycles. The van der Waals surface area contributed by atoms with Gasteiger partial charge in [-0.25, -0.2) is 0 Å². The number of rotatable bonds is 4. The van der Waals surface area contributed by atoms with Crippen molar-refractivity contribution in [1.82, 2.24) is 9.80 Å². The highest BCUT2D eigenvalue weighted by Gasteiger charge is 2.59. The maximum atomic E-state index is 12.6. The van der Waals surface area contributed by atoms with E-state index in [1.807, 2.05) is 31.2 Å². The molecule has 2 fully saturated rings. The van der Waals surface area contributed by atoms with E-state index in [9.17, 15) is 14.4 Å². The van der Waals surface area contributed by atoms with E-state index < -0.39 is 0 Å². The minimum Gasteiger partial charge on any atom is -0.464 e. The molecule has 1 aliphatic heterocycles. The molecule has 3 amide bonds. The standard InChI is InChI=1S/C18H20N2O4/c1-10-3-6-13(24-10)8-19(2)14(21)9-20-17(22)15-11-4-5-12(7-11)16(15)18(20)23/h3-6,11-12,15-16H,7-9H2,1-2H3. The van der Waals surface area contributed by atoms with Crippen molar-refractivity contribution in [2.24, 2.45) is 23.7 Å². The van der Waals surface area contributed by atoms with E-state index in [1.165, 1.54) is 4.90 Å². The zero-order chi connectivity index (χ0) is 17.0. The Morgan fingerprint density at radius 1 is 1.21 bits per heavy atom. The van der Waals surface area contributed by atoms with Crippen LogP contribution in [0.15, 0.2) is 28.7 Å². The third-order valence-electron chi connectivity index (χ3n) is 5.47. The topological polar surface area (TPSA) is 70.8 Å². The van der Waals surface area contributed by atoms with Crippen molar-refractivity contribution in [3.63, 3.8) is 0 Å². The number of likely N-dealkylation sites (N-methyl/N-ethyl adjacent to an activating group) is 1. The molecular formula is C18H20N2O4. The number of amides is 3. The van der Waals surface area contributed by atoms with Gasteiger partial charge >= 0.3 is 0 Å². The first kappa shape index (κ1) is 15.2. The zero-order valence-corrected chi connectivity index (χ0v) is 13.8.